The highest BCUT2D eigenvalue weighted by Gasteiger charge is 2.12. The van der Waals surface area contributed by atoms with Crippen LogP contribution in [0.2, 0.25) is 0 Å². The Morgan fingerprint density at radius 2 is 2.27 bits per heavy atom. The fourth-order valence-corrected chi connectivity index (χ4v) is 0.916. The molecule has 0 spiro atoms. The van der Waals surface area contributed by atoms with Crippen LogP contribution in [0, 0.1) is 10.1 Å². The molecule has 0 saturated heterocycles. The fraction of sp³-hybridized carbons (Fsp3) is 0.125. The summed E-state index contributed by atoms with van der Waals surface area (Å²) in [6.07, 6.45) is 0. The third-order valence-corrected chi connectivity index (χ3v) is 1.56. The van der Waals surface area contributed by atoms with Gasteiger partial charge < -0.3 is 15.6 Å². The van der Waals surface area contributed by atoms with Gasteiger partial charge in [-0.1, -0.05) is 0 Å². The van der Waals surface area contributed by atoms with E-state index < -0.39 is 17.5 Å². The van der Waals surface area contributed by atoms with E-state index in [0.717, 1.165) is 6.07 Å². The molecule has 0 bridgehead atoms. The maximum Gasteiger partial charge on any atom is 0.341 e. The minimum Gasteiger partial charge on any atom is -0.482 e. The van der Waals surface area contributed by atoms with Gasteiger partial charge in [0, 0.05) is 0 Å². The first-order chi connectivity index (χ1) is 7.00. The number of hydrogen-bond donors (Lipinski definition) is 2. The molecule has 7 heteroatoms. The van der Waals surface area contributed by atoms with Gasteiger partial charge in [0.1, 0.15) is 11.4 Å². The lowest BCUT2D eigenvalue weighted by atomic mass is 10.2. The number of aliphatic carboxylic acids is 1. The molecule has 0 unspecified atom stereocenters. The lowest BCUT2D eigenvalue weighted by molar-refractivity contribution is -0.384. The van der Waals surface area contributed by atoms with E-state index in [2.05, 4.69) is 0 Å². The van der Waals surface area contributed by atoms with E-state index in [0.29, 0.717) is 0 Å². The number of ether oxygens (including phenoxy) is 1. The van der Waals surface area contributed by atoms with E-state index in [1.165, 1.54) is 12.1 Å². The van der Waals surface area contributed by atoms with Crippen molar-refractivity contribution in [2.45, 2.75) is 0 Å². The highest BCUT2D eigenvalue weighted by molar-refractivity contribution is 5.68. The van der Waals surface area contributed by atoms with E-state index in [1.807, 2.05) is 0 Å². The van der Waals surface area contributed by atoms with Crippen molar-refractivity contribution in [1.29, 1.82) is 0 Å². The van der Waals surface area contributed by atoms with Gasteiger partial charge in [0.05, 0.1) is 11.0 Å². The van der Waals surface area contributed by atoms with Crippen molar-refractivity contribution >= 4 is 17.3 Å². The Kier molecular flexibility index (Phi) is 3.06. The van der Waals surface area contributed by atoms with Gasteiger partial charge >= 0.3 is 5.97 Å². The van der Waals surface area contributed by atoms with Gasteiger partial charge in [0.2, 0.25) is 0 Å². The molecule has 0 aliphatic rings. The largest absolute Gasteiger partial charge is 0.482 e. The predicted molar refractivity (Wildman–Crippen MR) is 50.6 cm³/mol. The number of carboxylic acid groups (broad SMARTS) is 1. The average Bonchev–Trinajstić information content (AvgIpc) is 2.16. The van der Waals surface area contributed by atoms with Crippen LogP contribution in [0.5, 0.6) is 5.75 Å². The maximum absolute atomic E-state index is 10.5. The smallest absolute Gasteiger partial charge is 0.341 e. The molecular formula is C8H8N2O5. The number of benzene rings is 1. The number of carboxylic acids is 1. The molecule has 0 fully saturated rings. The third-order valence-electron chi connectivity index (χ3n) is 1.56. The van der Waals surface area contributed by atoms with Crippen molar-refractivity contribution in [3.63, 3.8) is 0 Å². The SMILES string of the molecule is Nc1ccc(OCC(=O)O)cc1[N+](=O)[O-]. The minimum absolute atomic E-state index is 0.00248. The maximum atomic E-state index is 10.5. The molecule has 0 radical (unpaired) electrons. The Labute approximate surface area is 84.2 Å². The van der Waals surface area contributed by atoms with Crippen molar-refractivity contribution in [2.24, 2.45) is 0 Å². The topological polar surface area (TPSA) is 116 Å². The quantitative estimate of drug-likeness (QED) is 0.429. The normalized spacial score (nSPS) is 9.60. The molecule has 0 amide bonds. The Morgan fingerprint density at radius 1 is 1.60 bits per heavy atom. The zero-order valence-electron chi connectivity index (χ0n) is 7.54. The highest BCUT2D eigenvalue weighted by Crippen LogP contribution is 2.26. The first-order valence-corrected chi connectivity index (χ1v) is 3.89. The number of nitrogens with two attached hydrogens (primary N) is 1. The van der Waals surface area contributed by atoms with Gasteiger partial charge in [-0.2, -0.15) is 0 Å². The summed E-state index contributed by atoms with van der Waals surface area (Å²) in [5, 5.41) is 18.8. The molecule has 15 heavy (non-hydrogen) atoms. The second-order valence-electron chi connectivity index (χ2n) is 2.66. The Balaban J connectivity index is 2.87. The summed E-state index contributed by atoms with van der Waals surface area (Å²) in [7, 11) is 0. The molecule has 0 heterocycles. The number of rotatable bonds is 4. The predicted octanol–water partition coefficient (Wildman–Crippen LogP) is 0.640. The first kappa shape index (κ1) is 10.8. The van der Waals surface area contributed by atoms with Gasteiger partial charge in [0.25, 0.3) is 5.69 Å². The van der Waals surface area contributed by atoms with Gasteiger partial charge in [-0.25, -0.2) is 4.79 Å². The Morgan fingerprint density at radius 3 is 2.80 bits per heavy atom. The summed E-state index contributed by atoms with van der Waals surface area (Å²) in [6, 6.07) is 3.73. The number of nitro benzene ring substituents is 1. The molecule has 0 saturated carbocycles. The van der Waals surface area contributed by atoms with Crippen LogP contribution in [0.1, 0.15) is 0 Å². The molecule has 0 atom stereocenters. The van der Waals surface area contributed by atoms with Crippen LogP contribution in [0.3, 0.4) is 0 Å². The van der Waals surface area contributed by atoms with E-state index in [1.54, 1.807) is 0 Å². The Hall–Kier alpha value is -2.31. The van der Waals surface area contributed by atoms with Crippen molar-refractivity contribution in [3.05, 3.63) is 28.3 Å². The molecule has 1 aromatic rings. The number of nitrogens with zero attached hydrogens (tertiary/aromatic N) is 1. The molecule has 0 aliphatic carbocycles. The van der Waals surface area contributed by atoms with Gasteiger partial charge in [0.15, 0.2) is 6.61 Å². The summed E-state index contributed by atoms with van der Waals surface area (Å²) in [6.45, 7) is -0.554. The van der Waals surface area contributed by atoms with Crippen LogP contribution >= 0.6 is 0 Å². The van der Waals surface area contributed by atoms with Crippen LogP contribution < -0.4 is 10.5 Å². The van der Waals surface area contributed by atoms with E-state index >= 15 is 0 Å². The van der Waals surface area contributed by atoms with Crippen LogP contribution in [-0.2, 0) is 4.79 Å². The molecule has 1 rings (SSSR count). The average molecular weight is 212 g/mol. The van der Waals surface area contributed by atoms with Crippen molar-refractivity contribution in [1.82, 2.24) is 0 Å². The molecule has 1 aromatic carbocycles. The van der Waals surface area contributed by atoms with Crippen molar-refractivity contribution < 1.29 is 19.6 Å². The number of nitrogen functional groups attached to an aromatic ring is 1. The lowest BCUT2D eigenvalue weighted by Crippen LogP contribution is -2.09. The first-order valence-electron chi connectivity index (χ1n) is 3.89. The molecule has 3 N–H and O–H groups in total. The van der Waals surface area contributed by atoms with E-state index in [9.17, 15) is 14.9 Å². The number of anilines is 1. The van der Waals surface area contributed by atoms with Gasteiger partial charge in [-0.3, -0.25) is 10.1 Å². The van der Waals surface area contributed by atoms with Crippen LogP contribution in [0.25, 0.3) is 0 Å². The summed E-state index contributed by atoms with van der Waals surface area (Å²) in [5.74, 6) is -1.06. The standard InChI is InChI=1S/C8H8N2O5/c9-6-2-1-5(15-4-8(11)12)3-7(6)10(13)14/h1-3H,4,9H2,(H,11,12). The van der Waals surface area contributed by atoms with Crippen LogP contribution in [0.15, 0.2) is 18.2 Å². The Bertz CT molecular complexity index is 404. The monoisotopic (exact) mass is 212 g/mol. The number of hydrogen-bond acceptors (Lipinski definition) is 5. The second-order valence-corrected chi connectivity index (χ2v) is 2.66. The van der Waals surface area contributed by atoms with Crippen LogP contribution in [0.4, 0.5) is 11.4 Å². The molecule has 7 nitrogen and oxygen atoms in total. The highest BCUT2D eigenvalue weighted by atomic mass is 16.6. The van der Waals surface area contributed by atoms with Crippen molar-refractivity contribution in [3.8, 4) is 5.75 Å². The third kappa shape index (κ3) is 2.83. The fourth-order valence-electron chi connectivity index (χ4n) is 0.916. The van der Waals surface area contributed by atoms with Gasteiger partial charge in [-0.15, -0.1) is 0 Å². The molecule has 80 valence electrons. The summed E-state index contributed by atoms with van der Waals surface area (Å²) < 4.78 is 4.75. The molecular weight excluding hydrogens is 204 g/mol. The van der Waals surface area contributed by atoms with E-state index in [-0.39, 0.29) is 17.1 Å². The summed E-state index contributed by atoms with van der Waals surface area (Å²) in [4.78, 5) is 20.0. The zero-order valence-corrected chi connectivity index (χ0v) is 7.54. The summed E-state index contributed by atoms with van der Waals surface area (Å²) >= 11 is 0. The molecule has 0 aliphatic heterocycles. The van der Waals surface area contributed by atoms with E-state index in [4.69, 9.17) is 15.6 Å². The lowest BCUT2D eigenvalue weighted by Gasteiger charge is -2.03. The number of carbonyl (C=O) groups is 1. The van der Waals surface area contributed by atoms with Gasteiger partial charge in [-0.05, 0) is 12.1 Å². The van der Waals surface area contributed by atoms with Crippen LogP contribution in [-0.4, -0.2) is 22.6 Å². The van der Waals surface area contributed by atoms with Crippen molar-refractivity contribution in [2.75, 3.05) is 12.3 Å². The summed E-state index contributed by atoms with van der Waals surface area (Å²) in [5.41, 5.74) is 5.03. The zero-order chi connectivity index (χ0) is 11.4. The second kappa shape index (κ2) is 4.27. The molecule has 0 aromatic heterocycles. The number of nitro groups is 1. The minimum atomic E-state index is -1.16.